The molecule has 2 aliphatic heterocycles. The molecule has 1 aromatic rings. The third-order valence-corrected chi connectivity index (χ3v) is 8.76. The van der Waals surface area contributed by atoms with E-state index in [1.165, 1.54) is 5.69 Å². The van der Waals surface area contributed by atoms with Gasteiger partial charge in [0, 0.05) is 43.0 Å². The summed E-state index contributed by atoms with van der Waals surface area (Å²) in [6.07, 6.45) is 10.6. The molecule has 1 spiro atoms. The molecule has 4 fully saturated rings. The Bertz CT molecular complexity index is 889. The third kappa shape index (κ3) is 4.51. The molecule has 1 atom stereocenters. The lowest BCUT2D eigenvalue weighted by Crippen LogP contribution is -2.50. The smallest absolute Gasteiger partial charge is 0.230 e. The largest absolute Gasteiger partial charge is 0.393 e. The number of aliphatic hydroxyl groups is 1. The molecule has 6 heteroatoms. The van der Waals surface area contributed by atoms with Crippen molar-refractivity contribution in [3.63, 3.8) is 0 Å². The fourth-order valence-corrected chi connectivity index (χ4v) is 6.80. The zero-order valence-electron chi connectivity index (χ0n) is 20.0. The number of benzene rings is 1. The van der Waals surface area contributed by atoms with Crippen molar-refractivity contribution in [2.75, 3.05) is 29.9 Å². The molecule has 0 radical (unpaired) electrons. The Morgan fingerprint density at radius 1 is 1.03 bits per heavy atom. The van der Waals surface area contributed by atoms with Crippen LogP contribution in [0.15, 0.2) is 18.2 Å². The molecule has 6 nitrogen and oxygen atoms in total. The summed E-state index contributed by atoms with van der Waals surface area (Å²) in [5.41, 5.74) is 2.94. The Kier molecular flexibility index (Phi) is 6.39. The van der Waals surface area contributed by atoms with E-state index >= 15 is 0 Å². The average molecular weight is 454 g/mol. The zero-order valence-corrected chi connectivity index (χ0v) is 20.0. The van der Waals surface area contributed by atoms with Crippen LogP contribution in [0, 0.1) is 18.3 Å². The number of piperidine rings is 1. The summed E-state index contributed by atoms with van der Waals surface area (Å²) in [6.45, 7) is 4.72. The van der Waals surface area contributed by atoms with E-state index in [-0.39, 0.29) is 23.3 Å². The number of likely N-dealkylation sites (tertiary alicyclic amines) is 1. The van der Waals surface area contributed by atoms with Crippen molar-refractivity contribution in [1.29, 1.82) is 0 Å². The van der Waals surface area contributed by atoms with Crippen LogP contribution in [0.25, 0.3) is 0 Å². The van der Waals surface area contributed by atoms with Crippen molar-refractivity contribution in [3.05, 3.63) is 23.8 Å². The molecular weight excluding hydrogens is 414 g/mol. The molecule has 2 heterocycles. The first-order chi connectivity index (χ1) is 15.9. The first-order valence-corrected chi connectivity index (χ1v) is 13.1. The van der Waals surface area contributed by atoms with E-state index in [1.807, 2.05) is 6.07 Å². The van der Waals surface area contributed by atoms with E-state index in [4.69, 9.17) is 0 Å². The maximum atomic E-state index is 13.6. The van der Waals surface area contributed by atoms with Crippen LogP contribution in [-0.4, -0.2) is 53.6 Å². The van der Waals surface area contributed by atoms with Gasteiger partial charge in [-0.3, -0.25) is 9.59 Å². The minimum Gasteiger partial charge on any atom is -0.393 e. The monoisotopic (exact) mass is 453 g/mol. The lowest BCUT2D eigenvalue weighted by Gasteiger charge is -2.42. The molecule has 2 N–H and O–H groups in total. The number of hydrogen-bond donors (Lipinski definition) is 2. The van der Waals surface area contributed by atoms with Crippen LogP contribution < -0.4 is 10.2 Å². The van der Waals surface area contributed by atoms with Gasteiger partial charge < -0.3 is 20.2 Å². The van der Waals surface area contributed by atoms with Crippen LogP contribution in [0.2, 0.25) is 0 Å². The highest BCUT2D eigenvalue weighted by Gasteiger charge is 2.50. The second-order valence-corrected chi connectivity index (χ2v) is 11.0. The van der Waals surface area contributed by atoms with Crippen LogP contribution in [0.3, 0.4) is 0 Å². The lowest BCUT2D eigenvalue weighted by atomic mass is 9.78. The van der Waals surface area contributed by atoms with Crippen molar-refractivity contribution < 1.29 is 14.7 Å². The third-order valence-electron chi connectivity index (χ3n) is 8.76. The molecule has 0 aromatic heterocycles. The molecule has 33 heavy (non-hydrogen) atoms. The second-order valence-electron chi connectivity index (χ2n) is 11.0. The van der Waals surface area contributed by atoms with Crippen molar-refractivity contribution in [1.82, 2.24) is 4.90 Å². The molecule has 1 aromatic carbocycles. The first kappa shape index (κ1) is 22.7. The van der Waals surface area contributed by atoms with Crippen LogP contribution >= 0.6 is 0 Å². The predicted octanol–water partition coefficient (Wildman–Crippen LogP) is 4.25. The number of carbonyl (C=O) groups is 2. The van der Waals surface area contributed by atoms with Gasteiger partial charge in [0.15, 0.2) is 0 Å². The Hall–Kier alpha value is -2.08. The SMILES string of the molecule is Cc1cc(NC(=O)C2CCCC2)ccc1N1CCC[C@@]2(CCN([C@H]3CC[C@H](O)CC3)C2=O)C1. The number of hydrogen-bond acceptors (Lipinski definition) is 4. The number of nitrogens with zero attached hydrogens (tertiary/aromatic N) is 2. The summed E-state index contributed by atoms with van der Waals surface area (Å²) >= 11 is 0. The van der Waals surface area contributed by atoms with Gasteiger partial charge in [0.05, 0.1) is 11.5 Å². The predicted molar refractivity (Wildman–Crippen MR) is 130 cm³/mol. The summed E-state index contributed by atoms with van der Waals surface area (Å²) < 4.78 is 0. The van der Waals surface area contributed by atoms with Gasteiger partial charge in [0.25, 0.3) is 0 Å². The molecule has 180 valence electrons. The summed E-state index contributed by atoms with van der Waals surface area (Å²) in [5.74, 6) is 0.658. The second kappa shape index (κ2) is 9.28. The maximum absolute atomic E-state index is 13.6. The van der Waals surface area contributed by atoms with Gasteiger partial charge in [0.2, 0.25) is 11.8 Å². The normalized spacial score (nSPS) is 30.9. The Labute approximate surface area is 197 Å². The quantitative estimate of drug-likeness (QED) is 0.715. The summed E-state index contributed by atoms with van der Waals surface area (Å²) in [6, 6.07) is 6.53. The Morgan fingerprint density at radius 3 is 2.52 bits per heavy atom. The van der Waals surface area contributed by atoms with E-state index in [1.54, 1.807) is 0 Å². The van der Waals surface area contributed by atoms with Gasteiger partial charge in [0.1, 0.15) is 0 Å². The standard InChI is InChI=1S/C27H39N3O3/c1-19-17-21(28-25(32)20-5-2-3-6-20)7-12-24(19)29-15-4-13-27(18-29)14-16-30(26(27)33)22-8-10-23(31)11-9-22/h7,12,17,20,22-23,31H,2-6,8-11,13-16,18H2,1H3,(H,28,32)/t22-,23-,27-/m1/s1. The Balaban J connectivity index is 1.26. The highest BCUT2D eigenvalue weighted by Crippen LogP contribution is 2.44. The number of carbonyl (C=O) groups excluding carboxylic acids is 2. The molecule has 0 unspecified atom stereocenters. The highest BCUT2D eigenvalue weighted by atomic mass is 16.3. The first-order valence-electron chi connectivity index (χ1n) is 13.1. The lowest BCUT2D eigenvalue weighted by molar-refractivity contribution is -0.139. The number of rotatable bonds is 4. The molecule has 2 saturated carbocycles. The van der Waals surface area contributed by atoms with E-state index in [0.29, 0.717) is 11.9 Å². The zero-order chi connectivity index (χ0) is 23.0. The molecule has 4 aliphatic rings. The van der Waals surface area contributed by atoms with Gasteiger partial charge in [-0.1, -0.05) is 12.8 Å². The van der Waals surface area contributed by atoms with E-state index in [9.17, 15) is 14.7 Å². The molecule has 2 aliphatic carbocycles. The average Bonchev–Trinajstić information content (AvgIpc) is 3.45. The summed E-state index contributed by atoms with van der Waals surface area (Å²) in [7, 11) is 0. The molecule has 2 amide bonds. The fraction of sp³-hybridized carbons (Fsp3) is 0.704. The van der Waals surface area contributed by atoms with Crippen LogP contribution in [0.5, 0.6) is 0 Å². The van der Waals surface area contributed by atoms with Crippen molar-refractivity contribution in [3.8, 4) is 0 Å². The van der Waals surface area contributed by atoms with Gasteiger partial charge in [-0.2, -0.15) is 0 Å². The van der Waals surface area contributed by atoms with E-state index in [2.05, 4.69) is 34.2 Å². The van der Waals surface area contributed by atoms with Crippen molar-refractivity contribution in [2.24, 2.45) is 11.3 Å². The van der Waals surface area contributed by atoms with Crippen LogP contribution in [0.1, 0.15) is 76.2 Å². The van der Waals surface area contributed by atoms with E-state index < -0.39 is 0 Å². The van der Waals surface area contributed by atoms with Crippen molar-refractivity contribution >= 4 is 23.2 Å². The minimum absolute atomic E-state index is 0.156. The molecule has 5 rings (SSSR count). The molecule has 0 bridgehead atoms. The molecule has 2 saturated heterocycles. The number of anilines is 2. The summed E-state index contributed by atoms with van der Waals surface area (Å²) in [4.78, 5) is 30.7. The molecular formula is C27H39N3O3. The van der Waals surface area contributed by atoms with E-state index in [0.717, 1.165) is 102 Å². The van der Waals surface area contributed by atoms with Crippen molar-refractivity contribution in [2.45, 2.75) is 89.7 Å². The fourth-order valence-electron chi connectivity index (χ4n) is 6.80. The number of aryl methyl sites for hydroxylation is 1. The summed E-state index contributed by atoms with van der Waals surface area (Å²) in [5, 5.41) is 13.0. The van der Waals surface area contributed by atoms with Crippen LogP contribution in [-0.2, 0) is 9.59 Å². The van der Waals surface area contributed by atoms with Gasteiger partial charge in [-0.05, 0) is 88.5 Å². The van der Waals surface area contributed by atoms with Gasteiger partial charge in [-0.25, -0.2) is 0 Å². The highest BCUT2D eigenvalue weighted by molar-refractivity contribution is 5.93. The number of aliphatic hydroxyl groups excluding tert-OH is 1. The number of nitrogens with one attached hydrogen (secondary N) is 1. The van der Waals surface area contributed by atoms with Crippen LogP contribution in [0.4, 0.5) is 11.4 Å². The van der Waals surface area contributed by atoms with Gasteiger partial charge in [-0.15, -0.1) is 0 Å². The van der Waals surface area contributed by atoms with Gasteiger partial charge >= 0.3 is 0 Å². The topological polar surface area (TPSA) is 72.9 Å². The maximum Gasteiger partial charge on any atom is 0.230 e. The minimum atomic E-state index is -0.268. The number of amides is 2. The Morgan fingerprint density at radius 2 is 1.79 bits per heavy atom.